The summed E-state index contributed by atoms with van der Waals surface area (Å²) < 4.78 is 47.7. The van der Waals surface area contributed by atoms with E-state index in [1.807, 2.05) is 38.1 Å². The van der Waals surface area contributed by atoms with Crippen molar-refractivity contribution in [3.63, 3.8) is 0 Å². The summed E-state index contributed by atoms with van der Waals surface area (Å²) in [5, 5.41) is 5.45. The number of rotatable bonds is 11. The summed E-state index contributed by atoms with van der Waals surface area (Å²) in [5.74, 6) is -3.10. The molecule has 2 aromatic rings. The Kier molecular flexibility index (Phi) is 9.92. The van der Waals surface area contributed by atoms with Crippen LogP contribution in [0.1, 0.15) is 77.0 Å². The Morgan fingerprint density at radius 2 is 1.75 bits per heavy atom. The maximum Gasteiger partial charge on any atom is 0.410 e. The number of anilines is 1. The van der Waals surface area contributed by atoms with Crippen molar-refractivity contribution in [1.82, 2.24) is 19.8 Å². The maximum absolute atomic E-state index is 14.4. The molecule has 6 rings (SSSR count). The van der Waals surface area contributed by atoms with Crippen LogP contribution >= 0.6 is 0 Å². The third-order valence-corrected chi connectivity index (χ3v) is 12.4. The third-order valence-electron chi connectivity index (χ3n) is 10.6. The van der Waals surface area contributed by atoms with Gasteiger partial charge in [0.1, 0.15) is 29.5 Å². The fraction of sp³-hybridized carbons (Fsp3) is 0.526. The highest BCUT2D eigenvalue weighted by atomic mass is 32.2. The molecule has 5 atom stereocenters. The van der Waals surface area contributed by atoms with Crippen molar-refractivity contribution >= 4 is 39.5 Å². The first-order valence-corrected chi connectivity index (χ1v) is 19.4. The van der Waals surface area contributed by atoms with E-state index in [1.54, 1.807) is 12.1 Å². The van der Waals surface area contributed by atoms with Crippen LogP contribution in [0, 0.1) is 17.7 Å². The second-order valence-electron chi connectivity index (χ2n) is 15.9. The summed E-state index contributed by atoms with van der Waals surface area (Å²) in [5.41, 5.74) is 1.30. The molecule has 52 heavy (non-hydrogen) atoms. The molecule has 2 aliphatic heterocycles. The number of hydrogen-bond donors (Lipinski definition) is 3. The average Bonchev–Trinajstić information content (AvgIpc) is 3.97. The van der Waals surface area contributed by atoms with Crippen LogP contribution in [0.25, 0.3) is 0 Å². The summed E-state index contributed by atoms with van der Waals surface area (Å²) in [6, 6.07) is 10.5. The van der Waals surface area contributed by atoms with Crippen molar-refractivity contribution < 1.29 is 36.7 Å². The zero-order valence-corrected chi connectivity index (χ0v) is 31.1. The van der Waals surface area contributed by atoms with E-state index >= 15 is 0 Å². The van der Waals surface area contributed by atoms with E-state index in [0.29, 0.717) is 29.7 Å². The van der Waals surface area contributed by atoms with Gasteiger partial charge in [-0.3, -0.25) is 24.0 Å². The molecule has 2 aliphatic carbocycles. The Balaban J connectivity index is 1.23. The number of carbonyl (C=O) groups excluding carboxylic acids is 4. The summed E-state index contributed by atoms with van der Waals surface area (Å²) in [4.78, 5) is 58.1. The summed E-state index contributed by atoms with van der Waals surface area (Å²) in [6.45, 7) is 13.9. The Bertz CT molecular complexity index is 1870. The lowest BCUT2D eigenvalue weighted by molar-refractivity contribution is -0.140. The number of nitrogens with zero attached hydrogens (tertiary/aromatic N) is 2. The third kappa shape index (κ3) is 7.53. The quantitative estimate of drug-likeness (QED) is 0.288. The van der Waals surface area contributed by atoms with Crippen molar-refractivity contribution in [3.8, 4) is 0 Å². The van der Waals surface area contributed by atoms with Gasteiger partial charge < -0.3 is 20.3 Å². The Morgan fingerprint density at radius 1 is 1.06 bits per heavy atom. The number of ether oxygens (including phenoxy) is 1. The number of nitrogens with one attached hydrogen (secondary N) is 3. The van der Waals surface area contributed by atoms with E-state index in [-0.39, 0.29) is 43.8 Å². The molecule has 2 saturated carbocycles. The summed E-state index contributed by atoms with van der Waals surface area (Å²) in [6.07, 6.45) is 0.871. The number of amides is 4. The summed E-state index contributed by atoms with van der Waals surface area (Å²) in [7, 11) is -3.90. The van der Waals surface area contributed by atoms with Gasteiger partial charge in [-0.25, -0.2) is 17.6 Å². The molecule has 2 heterocycles. The highest BCUT2D eigenvalue weighted by Gasteiger charge is 2.62. The topological polar surface area (TPSA) is 154 Å². The highest BCUT2D eigenvalue weighted by Crippen LogP contribution is 2.45. The molecule has 0 bridgehead atoms. The van der Waals surface area contributed by atoms with Crippen molar-refractivity contribution in [1.29, 1.82) is 0 Å². The Hall–Kier alpha value is -4.46. The second-order valence-corrected chi connectivity index (χ2v) is 17.8. The van der Waals surface area contributed by atoms with Gasteiger partial charge >= 0.3 is 6.09 Å². The number of carbonyl (C=O) groups is 4. The first-order valence-electron chi connectivity index (χ1n) is 17.8. The molecule has 0 spiro atoms. The molecule has 3 fully saturated rings. The molecular formula is C38H48FN5O7S. The molecule has 4 aliphatic rings. The molecule has 1 saturated heterocycles. The molecule has 0 aromatic heterocycles. The fourth-order valence-electron chi connectivity index (χ4n) is 7.06. The Morgan fingerprint density at radius 3 is 2.33 bits per heavy atom. The van der Waals surface area contributed by atoms with Crippen LogP contribution in [0.5, 0.6) is 0 Å². The molecule has 0 unspecified atom stereocenters. The van der Waals surface area contributed by atoms with Crippen molar-refractivity contribution in [2.24, 2.45) is 11.8 Å². The van der Waals surface area contributed by atoms with E-state index < -0.39 is 74.5 Å². The zero-order valence-electron chi connectivity index (χ0n) is 30.3. The van der Waals surface area contributed by atoms with Gasteiger partial charge in [0.25, 0.3) is 5.91 Å². The number of fused-ring (bicyclic) bond motifs is 1. The van der Waals surface area contributed by atoms with Gasteiger partial charge in [0.05, 0.1) is 18.3 Å². The smallest absolute Gasteiger partial charge is 0.410 e. The fourth-order valence-corrected chi connectivity index (χ4v) is 8.42. The standard InChI is InChI=1S/C38H48FN5O7S/c1-7-24-18-38(24,35(47)42-52(49,50)28-15-16-28)41-33(45)31-17-27(51-36(48)43-19-23-9-8-10-30(39)29(23)21-43)20-44(31)34(46)32(22(2)3)40-26-13-11-25(12-14-26)37(4,5)6/h7-14,22,24,27-28,31-32,40H,1,15-21H2,2-6H3,(H,41,45)(H,42,47)/t24-,27-,31+,32+,38-/m1/s1. The number of sulfonamides is 1. The highest BCUT2D eigenvalue weighted by molar-refractivity contribution is 7.91. The zero-order chi connectivity index (χ0) is 37.7. The first-order chi connectivity index (χ1) is 24.4. The lowest BCUT2D eigenvalue weighted by atomic mass is 9.87. The van der Waals surface area contributed by atoms with Crippen LogP contribution in [0.4, 0.5) is 14.9 Å². The van der Waals surface area contributed by atoms with Crippen LogP contribution < -0.4 is 15.4 Å². The predicted molar refractivity (Wildman–Crippen MR) is 193 cm³/mol. The van der Waals surface area contributed by atoms with Gasteiger partial charge in [-0.15, -0.1) is 6.58 Å². The van der Waals surface area contributed by atoms with Gasteiger partial charge in [0, 0.05) is 30.1 Å². The van der Waals surface area contributed by atoms with Gasteiger partial charge in [-0.1, -0.05) is 65.0 Å². The molecule has 280 valence electrons. The van der Waals surface area contributed by atoms with Crippen LogP contribution in [-0.2, 0) is 47.6 Å². The molecule has 14 heteroatoms. The monoisotopic (exact) mass is 737 g/mol. The molecule has 2 aromatic carbocycles. The van der Waals surface area contributed by atoms with Crippen molar-refractivity contribution in [2.45, 2.75) is 108 Å². The van der Waals surface area contributed by atoms with Crippen LogP contribution in [0.15, 0.2) is 55.1 Å². The number of likely N-dealkylation sites (tertiary alicyclic amines) is 1. The largest absolute Gasteiger partial charge is 0.444 e. The number of halogens is 1. The predicted octanol–water partition coefficient (Wildman–Crippen LogP) is 4.35. The molecule has 4 amide bonds. The second kappa shape index (κ2) is 13.8. The van der Waals surface area contributed by atoms with E-state index in [9.17, 15) is 32.0 Å². The lowest BCUT2D eigenvalue weighted by Crippen LogP contribution is -2.58. The van der Waals surface area contributed by atoms with E-state index in [1.165, 1.54) is 21.9 Å². The lowest BCUT2D eigenvalue weighted by Gasteiger charge is -2.32. The van der Waals surface area contributed by atoms with Gasteiger partial charge in [-0.2, -0.15) is 0 Å². The molecular weight excluding hydrogens is 690 g/mol. The normalized spacial score (nSPS) is 24.6. The van der Waals surface area contributed by atoms with E-state index in [4.69, 9.17) is 4.74 Å². The minimum atomic E-state index is -3.90. The molecule has 0 radical (unpaired) electrons. The van der Waals surface area contributed by atoms with E-state index in [0.717, 1.165) is 5.56 Å². The van der Waals surface area contributed by atoms with Crippen LogP contribution in [-0.4, -0.2) is 77.6 Å². The summed E-state index contributed by atoms with van der Waals surface area (Å²) >= 11 is 0. The number of hydrogen-bond acceptors (Lipinski definition) is 8. The van der Waals surface area contributed by atoms with E-state index in [2.05, 4.69) is 42.7 Å². The maximum atomic E-state index is 14.4. The average molecular weight is 738 g/mol. The first kappa shape index (κ1) is 37.3. The van der Waals surface area contributed by atoms with Crippen molar-refractivity contribution in [3.05, 3.63) is 77.6 Å². The molecule has 3 N–H and O–H groups in total. The minimum Gasteiger partial charge on any atom is -0.444 e. The van der Waals surface area contributed by atoms with Gasteiger partial charge in [-0.05, 0) is 59.9 Å². The van der Waals surface area contributed by atoms with Gasteiger partial charge in [0.15, 0.2) is 0 Å². The van der Waals surface area contributed by atoms with Crippen LogP contribution in [0.2, 0.25) is 0 Å². The number of benzene rings is 2. The van der Waals surface area contributed by atoms with Crippen LogP contribution in [0.3, 0.4) is 0 Å². The minimum absolute atomic E-state index is 0.0256. The Labute approximate surface area is 304 Å². The van der Waals surface area contributed by atoms with Crippen molar-refractivity contribution in [2.75, 3.05) is 11.9 Å². The van der Waals surface area contributed by atoms with Gasteiger partial charge in [0.2, 0.25) is 21.8 Å². The SMILES string of the molecule is C=C[C@@H]1C[C@]1(NC(=O)[C@@H]1C[C@@H](OC(=O)N2Cc3cccc(F)c3C2)CN1C(=O)[C@@H](Nc1ccc(C(C)(C)C)cc1)C(C)C)C(=O)NS(=O)(=O)C1CC1. The molecule has 12 nitrogen and oxygen atoms in total.